The van der Waals surface area contributed by atoms with Crippen LogP contribution in [0.5, 0.6) is 0 Å². The van der Waals surface area contributed by atoms with Crippen molar-refractivity contribution in [3.05, 3.63) is 109 Å². The van der Waals surface area contributed by atoms with Crippen LogP contribution in [0.2, 0.25) is 0 Å². The lowest BCUT2D eigenvalue weighted by Gasteiger charge is -2.21. The van der Waals surface area contributed by atoms with Crippen molar-refractivity contribution < 1.29 is 0 Å². The zero-order valence-electron chi connectivity index (χ0n) is 17.3. The zero-order chi connectivity index (χ0) is 20.5. The molecule has 0 aliphatic heterocycles. The summed E-state index contributed by atoms with van der Waals surface area (Å²) in [6.07, 6.45) is 0. The Kier molecular flexibility index (Phi) is 4.99. The Morgan fingerprint density at radius 2 is 0.900 bits per heavy atom. The van der Waals surface area contributed by atoms with E-state index in [1.807, 2.05) is 0 Å². The second-order valence-electron chi connectivity index (χ2n) is 7.81. The van der Waals surface area contributed by atoms with E-state index in [-0.39, 0.29) is 0 Å². The minimum Gasteiger partial charge on any atom is -0.378 e. The van der Waals surface area contributed by atoms with E-state index in [4.69, 9.17) is 0 Å². The van der Waals surface area contributed by atoms with Gasteiger partial charge in [-0.1, -0.05) is 84.9 Å². The smallest absolute Gasteiger partial charge is 0.0361 e. The van der Waals surface area contributed by atoms with Crippen molar-refractivity contribution in [2.45, 2.75) is 0 Å². The molecule has 146 valence electrons. The van der Waals surface area contributed by atoms with Gasteiger partial charge >= 0.3 is 0 Å². The second kappa shape index (κ2) is 7.94. The molecule has 0 aliphatic carbocycles. The number of hydrogen-bond donors (Lipinski definition) is 0. The summed E-state index contributed by atoms with van der Waals surface area (Å²) in [4.78, 5) is 2.15. The highest BCUT2D eigenvalue weighted by atomic mass is 31.1. The molecule has 0 spiro atoms. The van der Waals surface area contributed by atoms with Gasteiger partial charge in [0.05, 0.1) is 0 Å². The maximum Gasteiger partial charge on any atom is 0.0361 e. The van der Waals surface area contributed by atoms with Crippen molar-refractivity contribution >= 4 is 51.1 Å². The summed E-state index contributed by atoms with van der Waals surface area (Å²) in [5, 5.41) is 9.33. The Labute approximate surface area is 179 Å². The van der Waals surface area contributed by atoms with Crippen LogP contribution in [0.3, 0.4) is 0 Å². The summed E-state index contributed by atoms with van der Waals surface area (Å²) >= 11 is 0. The fourth-order valence-corrected chi connectivity index (χ4v) is 6.30. The third-order valence-electron chi connectivity index (χ3n) is 5.61. The summed E-state index contributed by atoms with van der Waals surface area (Å²) in [6.45, 7) is 0. The van der Waals surface area contributed by atoms with Crippen LogP contribution in [0.25, 0.3) is 21.5 Å². The Bertz CT molecular complexity index is 1240. The van der Waals surface area contributed by atoms with Crippen molar-refractivity contribution in [3.63, 3.8) is 0 Å². The predicted molar refractivity (Wildman–Crippen MR) is 134 cm³/mol. The quantitative estimate of drug-likeness (QED) is 0.341. The number of hydrogen-bond acceptors (Lipinski definition) is 1. The number of anilines is 1. The molecule has 0 saturated heterocycles. The number of fused-ring (bicyclic) bond motifs is 2. The maximum absolute atomic E-state index is 2.37. The molecule has 5 aromatic rings. The summed E-state index contributed by atoms with van der Waals surface area (Å²) in [5.41, 5.74) is 1.23. The minimum absolute atomic E-state index is 0.643. The van der Waals surface area contributed by atoms with E-state index in [0.29, 0.717) is 0 Å². The Morgan fingerprint density at radius 1 is 0.467 bits per heavy atom. The fraction of sp³-hybridized carbons (Fsp3) is 0.0714. The summed E-state index contributed by atoms with van der Waals surface area (Å²) in [7, 11) is 3.53. The summed E-state index contributed by atoms with van der Waals surface area (Å²) in [5.74, 6) is 0. The van der Waals surface area contributed by atoms with Crippen molar-refractivity contribution in [2.24, 2.45) is 0 Å². The monoisotopic (exact) mass is 405 g/mol. The first-order valence-electron chi connectivity index (χ1n) is 10.2. The summed E-state index contributed by atoms with van der Waals surface area (Å²) in [6, 6.07) is 40.2. The van der Waals surface area contributed by atoms with Gasteiger partial charge in [0.25, 0.3) is 0 Å². The van der Waals surface area contributed by atoms with Gasteiger partial charge in [0.1, 0.15) is 0 Å². The molecule has 0 unspecified atom stereocenters. The first kappa shape index (κ1) is 18.9. The van der Waals surface area contributed by atoms with Crippen molar-refractivity contribution in [2.75, 3.05) is 19.0 Å². The number of nitrogens with zero attached hydrogens (tertiary/aromatic N) is 1. The molecule has 0 heterocycles. The van der Waals surface area contributed by atoms with Crippen LogP contribution in [0.1, 0.15) is 0 Å². The van der Waals surface area contributed by atoms with Gasteiger partial charge in [-0.3, -0.25) is 0 Å². The van der Waals surface area contributed by atoms with Crippen molar-refractivity contribution in [3.8, 4) is 0 Å². The van der Waals surface area contributed by atoms with Crippen molar-refractivity contribution in [1.29, 1.82) is 0 Å². The highest BCUT2D eigenvalue weighted by Crippen LogP contribution is 2.35. The van der Waals surface area contributed by atoms with Crippen LogP contribution in [-0.2, 0) is 0 Å². The lowest BCUT2D eigenvalue weighted by Crippen LogP contribution is -2.21. The van der Waals surface area contributed by atoms with Gasteiger partial charge < -0.3 is 4.90 Å². The first-order valence-corrected chi connectivity index (χ1v) is 11.6. The molecule has 0 fully saturated rings. The molecule has 5 rings (SSSR count). The first-order chi connectivity index (χ1) is 14.7. The van der Waals surface area contributed by atoms with E-state index in [2.05, 4.69) is 128 Å². The topological polar surface area (TPSA) is 3.24 Å². The van der Waals surface area contributed by atoms with Crippen molar-refractivity contribution in [1.82, 2.24) is 0 Å². The van der Waals surface area contributed by atoms with Crippen LogP contribution < -0.4 is 20.8 Å². The molecule has 0 bridgehead atoms. The van der Waals surface area contributed by atoms with Crippen LogP contribution in [0, 0.1) is 0 Å². The second-order valence-corrected chi connectivity index (χ2v) is 10.0. The van der Waals surface area contributed by atoms with Gasteiger partial charge in [-0.25, -0.2) is 0 Å². The van der Waals surface area contributed by atoms with Crippen LogP contribution in [0.4, 0.5) is 5.69 Å². The Morgan fingerprint density at radius 3 is 1.37 bits per heavy atom. The zero-order valence-corrected chi connectivity index (χ0v) is 18.2. The molecule has 0 atom stereocenters. The van der Waals surface area contributed by atoms with Crippen LogP contribution in [-0.4, -0.2) is 14.1 Å². The molecule has 0 saturated carbocycles. The van der Waals surface area contributed by atoms with Gasteiger partial charge in [-0.15, -0.1) is 0 Å². The van der Waals surface area contributed by atoms with Gasteiger partial charge in [0.2, 0.25) is 0 Å². The molecule has 0 N–H and O–H groups in total. The van der Waals surface area contributed by atoms with Crippen LogP contribution in [0.15, 0.2) is 109 Å². The highest BCUT2D eigenvalue weighted by molar-refractivity contribution is 7.79. The van der Waals surface area contributed by atoms with Crippen LogP contribution >= 0.6 is 7.92 Å². The predicted octanol–water partition coefficient (Wildman–Crippen LogP) is 5.82. The molecule has 0 amide bonds. The molecule has 30 heavy (non-hydrogen) atoms. The van der Waals surface area contributed by atoms with E-state index in [1.54, 1.807) is 0 Å². The van der Waals surface area contributed by atoms with Gasteiger partial charge in [0.15, 0.2) is 0 Å². The van der Waals surface area contributed by atoms with Gasteiger partial charge in [0, 0.05) is 19.8 Å². The molecule has 5 aromatic carbocycles. The maximum atomic E-state index is 2.37. The molecule has 0 aromatic heterocycles. The SMILES string of the molecule is CN(C)c1ccc(P(c2ccc3ccccc3c2)c2ccc3ccccc3c2)cc1. The number of benzene rings is 5. The number of rotatable bonds is 4. The van der Waals surface area contributed by atoms with E-state index >= 15 is 0 Å². The normalized spacial score (nSPS) is 11.3. The average Bonchev–Trinajstić information content (AvgIpc) is 2.79. The highest BCUT2D eigenvalue weighted by Gasteiger charge is 2.17. The lowest BCUT2D eigenvalue weighted by atomic mass is 10.1. The van der Waals surface area contributed by atoms with E-state index in [1.165, 1.54) is 43.1 Å². The average molecular weight is 405 g/mol. The van der Waals surface area contributed by atoms with Gasteiger partial charge in [-0.2, -0.15) is 0 Å². The third-order valence-corrected chi connectivity index (χ3v) is 8.01. The molecular weight excluding hydrogens is 381 g/mol. The van der Waals surface area contributed by atoms with Gasteiger partial charge in [-0.05, 0) is 69.6 Å². The summed E-state index contributed by atoms with van der Waals surface area (Å²) < 4.78 is 0. The largest absolute Gasteiger partial charge is 0.378 e. The molecule has 2 heteroatoms. The van der Waals surface area contributed by atoms with E-state index in [9.17, 15) is 0 Å². The molecular formula is C28H24NP. The Hall–Kier alpha value is -3.15. The molecule has 0 radical (unpaired) electrons. The molecule has 1 nitrogen and oxygen atoms in total. The minimum atomic E-state index is -0.643. The molecule has 0 aliphatic rings. The standard InChI is InChI=1S/C28H24NP/c1-29(2)25-13-17-26(18-14-25)30(27-15-11-21-7-3-5-9-23(21)19-27)28-16-12-22-8-4-6-10-24(22)20-28/h3-20H,1-2H3. The Balaban J connectivity index is 1.69. The van der Waals surface area contributed by atoms with E-state index in [0.717, 1.165) is 0 Å². The van der Waals surface area contributed by atoms with E-state index < -0.39 is 7.92 Å². The lowest BCUT2D eigenvalue weighted by molar-refractivity contribution is 1.13. The third kappa shape index (κ3) is 3.58. The fourth-order valence-electron chi connectivity index (χ4n) is 3.98.